The Bertz CT molecular complexity index is 513. The third kappa shape index (κ3) is 4.32. The molecule has 2 rings (SSSR count). The van der Waals surface area contributed by atoms with Gasteiger partial charge in [-0.3, -0.25) is 0 Å². The molecule has 112 valence electrons. The van der Waals surface area contributed by atoms with Crippen LogP contribution in [0.2, 0.25) is 0 Å². The number of likely N-dealkylation sites (tertiary alicyclic amines) is 1. The van der Waals surface area contributed by atoms with Gasteiger partial charge in [0.15, 0.2) is 9.84 Å². The maximum absolute atomic E-state index is 11.7. The van der Waals surface area contributed by atoms with E-state index in [2.05, 4.69) is 36.1 Å². The van der Waals surface area contributed by atoms with Crippen molar-refractivity contribution in [3.05, 3.63) is 35.9 Å². The minimum Gasteiger partial charge on any atom is -0.302 e. The smallest absolute Gasteiger partial charge is 0.151 e. The van der Waals surface area contributed by atoms with E-state index < -0.39 is 9.84 Å². The first-order valence-corrected chi connectivity index (χ1v) is 9.38. The van der Waals surface area contributed by atoms with Gasteiger partial charge < -0.3 is 4.90 Å². The van der Waals surface area contributed by atoms with Gasteiger partial charge in [-0.05, 0) is 43.8 Å². The van der Waals surface area contributed by atoms with Crippen LogP contribution in [0.5, 0.6) is 0 Å². The third-order valence-electron chi connectivity index (χ3n) is 4.31. The van der Waals surface area contributed by atoms with Crippen LogP contribution in [-0.4, -0.2) is 44.5 Å². The van der Waals surface area contributed by atoms with E-state index >= 15 is 0 Å². The lowest BCUT2D eigenvalue weighted by atomic mass is 9.97. The summed E-state index contributed by atoms with van der Waals surface area (Å²) in [5.41, 5.74) is 1.36. The molecule has 0 unspecified atom stereocenters. The molecule has 0 amide bonds. The van der Waals surface area contributed by atoms with Crippen molar-refractivity contribution in [3.63, 3.8) is 0 Å². The third-order valence-corrected chi connectivity index (χ3v) is 5.91. The number of rotatable bonds is 5. The van der Waals surface area contributed by atoms with E-state index in [0.29, 0.717) is 12.5 Å². The standard InChI is InChI=1S/C16H25NO2S/c1-14(15-7-4-3-5-8-15)10-12-17-11-6-9-16(13-17)20(2,18)19/h3-5,7-8,14,16H,6,9-13H2,1-2H3/t14-,16+/m0/s1. The number of hydrogen-bond acceptors (Lipinski definition) is 3. The van der Waals surface area contributed by atoms with E-state index in [1.165, 1.54) is 11.8 Å². The molecule has 1 fully saturated rings. The lowest BCUT2D eigenvalue weighted by Crippen LogP contribution is -2.42. The van der Waals surface area contributed by atoms with Gasteiger partial charge in [-0.1, -0.05) is 37.3 Å². The maximum atomic E-state index is 11.7. The number of hydrogen-bond donors (Lipinski definition) is 0. The summed E-state index contributed by atoms with van der Waals surface area (Å²) in [6, 6.07) is 10.5. The highest BCUT2D eigenvalue weighted by molar-refractivity contribution is 7.91. The topological polar surface area (TPSA) is 37.4 Å². The summed E-state index contributed by atoms with van der Waals surface area (Å²) in [6.45, 7) is 4.98. The van der Waals surface area contributed by atoms with Gasteiger partial charge in [-0.25, -0.2) is 8.42 Å². The first-order chi connectivity index (χ1) is 9.47. The van der Waals surface area contributed by atoms with Crippen molar-refractivity contribution >= 4 is 9.84 Å². The predicted molar refractivity (Wildman–Crippen MR) is 83.8 cm³/mol. The quantitative estimate of drug-likeness (QED) is 0.838. The molecule has 0 N–H and O–H groups in total. The van der Waals surface area contributed by atoms with Gasteiger partial charge in [0, 0.05) is 12.8 Å². The minimum atomic E-state index is -2.89. The number of sulfone groups is 1. The van der Waals surface area contributed by atoms with Crippen molar-refractivity contribution in [2.45, 2.75) is 37.4 Å². The highest BCUT2D eigenvalue weighted by Crippen LogP contribution is 2.21. The zero-order valence-corrected chi connectivity index (χ0v) is 13.3. The number of piperidine rings is 1. The summed E-state index contributed by atoms with van der Waals surface area (Å²) in [4.78, 5) is 2.31. The summed E-state index contributed by atoms with van der Waals surface area (Å²) in [6.07, 6.45) is 4.27. The molecule has 1 aliphatic heterocycles. The lowest BCUT2D eigenvalue weighted by Gasteiger charge is -2.32. The van der Waals surface area contributed by atoms with Crippen LogP contribution < -0.4 is 0 Å². The van der Waals surface area contributed by atoms with Gasteiger partial charge >= 0.3 is 0 Å². The summed E-state index contributed by atoms with van der Waals surface area (Å²) in [7, 11) is -2.89. The monoisotopic (exact) mass is 295 g/mol. The molecule has 0 bridgehead atoms. The van der Waals surface area contributed by atoms with Gasteiger partial charge in [0.05, 0.1) is 5.25 Å². The van der Waals surface area contributed by atoms with Crippen LogP contribution in [0.15, 0.2) is 30.3 Å². The number of nitrogens with zero attached hydrogens (tertiary/aromatic N) is 1. The van der Waals surface area contributed by atoms with Crippen LogP contribution in [0.3, 0.4) is 0 Å². The molecule has 1 heterocycles. The normalized spacial score (nSPS) is 22.6. The van der Waals surface area contributed by atoms with E-state index in [1.807, 2.05) is 6.07 Å². The Kier molecular flexibility index (Phi) is 5.22. The maximum Gasteiger partial charge on any atom is 0.151 e. The second-order valence-electron chi connectivity index (χ2n) is 5.99. The van der Waals surface area contributed by atoms with Crippen LogP contribution >= 0.6 is 0 Å². The van der Waals surface area contributed by atoms with Crippen LogP contribution in [-0.2, 0) is 9.84 Å². The van der Waals surface area contributed by atoms with Crippen LogP contribution in [0.1, 0.15) is 37.7 Å². The average molecular weight is 295 g/mol. The molecule has 4 heteroatoms. The molecule has 1 aromatic rings. The molecular weight excluding hydrogens is 270 g/mol. The first-order valence-electron chi connectivity index (χ1n) is 7.43. The molecule has 1 aliphatic rings. The molecular formula is C16H25NO2S. The van der Waals surface area contributed by atoms with Gasteiger partial charge in [0.1, 0.15) is 0 Å². The Balaban J connectivity index is 1.85. The van der Waals surface area contributed by atoms with Crippen LogP contribution in [0, 0.1) is 0 Å². The molecule has 2 atom stereocenters. The number of benzene rings is 1. The molecule has 0 spiro atoms. The summed E-state index contributed by atoms with van der Waals surface area (Å²) < 4.78 is 23.3. The Morgan fingerprint density at radius 3 is 2.65 bits per heavy atom. The molecule has 1 saturated heterocycles. The summed E-state index contributed by atoms with van der Waals surface area (Å²) in [5, 5.41) is -0.164. The van der Waals surface area contributed by atoms with Crippen LogP contribution in [0.25, 0.3) is 0 Å². The summed E-state index contributed by atoms with van der Waals surface area (Å²) >= 11 is 0. The lowest BCUT2D eigenvalue weighted by molar-refractivity contribution is 0.224. The fourth-order valence-electron chi connectivity index (χ4n) is 2.89. The molecule has 3 nitrogen and oxygen atoms in total. The first kappa shape index (κ1) is 15.5. The Morgan fingerprint density at radius 1 is 1.30 bits per heavy atom. The van der Waals surface area contributed by atoms with E-state index in [4.69, 9.17) is 0 Å². The second kappa shape index (κ2) is 6.72. The zero-order chi connectivity index (χ0) is 14.6. The predicted octanol–water partition coefficient (Wildman–Crippen LogP) is 2.69. The molecule has 0 saturated carbocycles. The average Bonchev–Trinajstić information content (AvgIpc) is 2.45. The van der Waals surface area contributed by atoms with Gasteiger partial charge in [0.2, 0.25) is 0 Å². The second-order valence-corrected chi connectivity index (χ2v) is 8.32. The van der Waals surface area contributed by atoms with Crippen molar-refractivity contribution in [3.8, 4) is 0 Å². The Morgan fingerprint density at radius 2 is 2.00 bits per heavy atom. The van der Waals surface area contributed by atoms with E-state index in [0.717, 1.165) is 32.4 Å². The SMILES string of the molecule is C[C@@H](CCN1CCC[C@@H](S(C)(=O)=O)C1)c1ccccc1. The van der Waals surface area contributed by atoms with Crippen molar-refractivity contribution in [1.29, 1.82) is 0 Å². The van der Waals surface area contributed by atoms with Gasteiger partial charge in [0.25, 0.3) is 0 Å². The highest BCUT2D eigenvalue weighted by atomic mass is 32.2. The van der Waals surface area contributed by atoms with Crippen molar-refractivity contribution in [2.24, 2.45) is 0 Å². The van der Waals surface area contributed by atoms with Crippen LogP contribution in [0.4, 0.5) is 0 Å². The molecule has 1 aromatic carbocycles. The molecule has 0 aromatic heterocycles. The molecule has 0 radical (unpaired) electrons. The van der Waals surface area contributed by atoms with Gasteiger partial charge in [-0.15, -0.1) is 0 Å². The van der Waals surface area contributed by atoms with E-state index in [-0.39, 0.29) is 5.25 Å². The fraction of sp³-hybridized carbons (Fsp3) is 0.625. The fourth-order valence-corrected chi connectivity index (χ4v) is 3.97. The molecule has 20 heavy (non-hydrogen) atoms. The van der Waals surface area contributed by atoms with E-state index in [1.54, 1.807) is 0 Å². The highest BCUT2D eigenvalue weighted by Gasteiger charge is 2.27. The van der Waals surface area contributed by atoms with Crippen molar-refractivity contribution in [1.82, 2.24) is 4.90 Å². The minimum absolute atomic E-state index is 0.164. The zero-order valence-electron chi connectivity index (χ0n) is 12.5. The largest absolute Gasteiger partial charge is 0.302 e. The Hall–Kier alpha value is -0.870. The van der Waals surface area contributed by atoms with E-state index in [9.17, 15) is 8.42 Å². The van der Waals surface area contributed by atoms with Gasteiger partial charge in [-0.2, -0.15) is 0 Å². The summed E-state index contributed by atoms with van der Waals surface area (Å²) in [5.74, 6) is 0.523. The van der Waals surface area contributed by atoms with Crippen molar-refractivity contribution in [2.75, 3.05) is 25.9 Å². The van der Waals surface area contributed by atoms with Crippen molar-refractivity contribution < 1.29 is 8.42 Å². The Labute approximate surface area is 122 Å². The molecule has 0 aliphatic carbocycles.